The van der Waals surface area contributed by atoms with Crippen LogP contribution < -0.4 is 4.74 Å². The summed E-state index contributed by atoms with van der Waals surface area (Å²) in [5.41, 5.74) is 2.47. The maximum Gasteiger partial charge on any atom is 0.133 e. The fourth-order valence-corrected chi connectivity index (χ4v) is 3.95. The van der Waals surface area contributed by atoms with Gasteiger partial charge < -0.3 is 9.64 Å². The first kappa shape index (κ1) is 21.5. The third-order valence-electron chi connectivity index (χ3n) is 5.70. The molecule has 0 atom stereocenters. The van der Waals surface area contributed by atoms with Gasteiger partial charge in [-0.25, -0.2) is 8.78 Å². The van der Waals surface area contributed by atoms with E-state index < -0.39 is 11.6 Å². The van der Waals surface area contributed by atoms with E-state index >= 15 is 0 Å². The van der Waals surface area contributed by atoms with Crippen molar-refractivity contribution in [2.75, 3.05) is 39.3 Å². The summed E-state index contributed by atoms with van der Waals surface area (Å²) < 4.78 is 32.8. The summed E-state index contributed by atoms with van der Waals surface area (Å²) >= 11 is 0. The molecule has 3 nitrogen and oxygen atoms in total. The van der Waals surface area contributed by atoms with Gasteiger partial charge in [-0.3, -0.25) is 4.90 Å². The smallest absolute Gasteiger partial charge is 0.133 e. The third kappa shape index (κ3) is 6.12. The highest BCUT2D eigenvalue weighted by Gasteiger charge is 2.16. The van der Waals surface area contributed by atoms with Crippen molar-refractivity contribution in [2.24, 2.45) is 0 Å². The van der Waals surface area contributed by atoms with Gasteiger partial charge in [-0.1, -0.05) is 42.5 Å². The van der Waals surface area contributed by atoms with Crippen molar-refractivity contribution in [2.45, 2.75) is 13.0 Å². The SMILES string of the molecule is Fc1ccc(-c2ccc(OCCCN3CCN(Cc4ccccc4)CC3)cc2)c(F)c1. The molecule has 31 heavy (non-hydrogen) atoms. The normalized spacial score (nSPS) is 15.2. The van der Waals surface area contributed by atoms with Crippen molar-refractivity contribution in [3.63, 3.8) is 0 Å². The van der Waals surface area contributed by atoms with E-state index in [0.29, 0.717) is 17.7 Å². The number of hydrogen-bond donors (Lipinski definition) is 0. The molecule has 0 aromatic heterocycles. The minimum Gasteiger partial charge on any atom is -0.494 e. The van der Waals surface area contributed by atoms with Crippen LogP contribution in [0.3, 0.4) is 0 Å². The fourth-order valence-electron chi connectivity index (χ4n) is 3.95. The van der Waals surface area contributed by atoms with E-state index in [-0.39, 0.29) is 0 Å². The molecule has 0 radical (unpaired) electrons. The molecular formula is C26H28F2N2O. The van der Waals surface area contributed by atoms with Crippen LogP contribution in [0.1, 0.15) is 12.0 Å². The lowest BCUT2D eigenvalue weighted by Gasteiger charge is -2.34. The predicted octanol–water partition coefficient (Wildman–Crippen LogP) is 5.22. The van der Waals surface area contributed by atoms with Gasteiger partial charge >= 0.3 is 0 Å². The lowest BCUT2D eigenvalue weighted by Crippen LogP contribution is -2.46. The lowest BCUT2D eigenvalue weighted by molar-refractivity contribution is 0.121. The first-order valence-electron chi connectivity index (χ1n) is 10.8. The zero-order valence-corrected chi connectivity index (χ0v) is 17.6. The van der Waals surface area contributed by atoms with Crippen LogP contribution in [0, 0.1) is 11.6 Å². The average Bonchev–Trinajstić information content (AvgIpc) is 2.79. The van der Waals surface area contributed by atoms with Gasteiger partial charge in [0.1, 0.15) is 17.4 Å². The Morgan fingerprint density at radius 1 is 0.774 bits per heavy atom. The molecule has 0 spiro atoms. The molecule has 0 N–H and O–H groups in total. The van der Waals surface area contributed by atoms with Gasteiger partial charge in [-0.2, -0.15) is 0 Å². The van der Waals surface area contributed by atoms with E-state index in [1.807, 2.05) is 12.1 Å². The number of hydrogen-bond acceptors (Lipinski definition) is 3. The van der Waals surface area contributed by atoms with Gasteiger partial charge in [0.15, 0.2) is 0 Å². The maximum absolute atomic E-state index is 13.9. The Kier molecular flexibility index (Phi) is 7.28. The van der Waals surface area contributed by atoms with Crippen LogP contribution in [0.25, 0.3) is 11.1 Å². The molecule has 3 aromatic carbocycles. The van der Waals surface area contributed by atoms with E-state index in [4.69, 9.17) is 4.74 Å². The number of piperazine rings is 1. The van der Waals surface area contributed by atoms with E-state index in [9.17, 15) is 8.78 Å². The van der Waals surface area contributed by atoms with Crippen LogP contribution in [-0.2, 0) is 6.54 Å². The van der Waals surface area contributed by atoms with Crippen molar-refractivity contribution in [3.05, 3.63) is 90.0 Å². The molecule has 3 aromatic rings. The summed E-state index contributed by atoms with van der Waals surface area (Å²) in [6.45, 7) is 7.06. The zero-order valence-electron chi connectivity index (χ0n) is 17.6. The molecule has 0 aliphatic carbocycles. The Balaban J connectivity index is 1.16. The number of nitrogens with zero attached hydrogens (tertiary/aromatic N) is 2. The molecule has 1 fully saturated rings. The topological polar surface area (TPSA) is 15.7 Å². The third-order valence-corrected chi connectivity index (χ3v) is 5.70. The summed E-state index contributed by atoms with van der Waals surface area (Å²) in [5.74, 6) is -0.365. The van der Waals surface area contributed by atoms with Crippen LogP contribution in [0.4, 0.5) is 8.78 Å². The molecule has 1 aliphatic rings. The Labute approximate surface area is 182 Å². The first-order chi connectivity index (χ1) is 15.2. The lowest BCUT2D eigenvalue weighted by atomic mass is 10.1. The quantitative estimate of drug-likeness (QED) is 0.463. The highest BCUT2D eigenvalue weighted by molar-refractivity contribution is 5.64. The van der Waals surface area contributed by atoms with Crippen LogP contribution in [-0.4, -0.2) is 49.1 Å². The van der Waals surface area contributed by atoms with Crippen LogP contribution >= 0.6 is 0 Å². The molecule has 4 rings (SSSR count). The predicted molar refractivity (Wildman–Crippen MR) is 120 cm³/mol. The zero-order chi connectivity index (χ0) is 21.5. The Hall–Kier alpha value is -2.76. The second-order valence-electron chi connectivity index (χ2n) is 7.95. The minimum atomic E-state index is -0.571. The summed E-state index contributed by atoms with van der Waals surface area (Å²) in [6, 6.07) is 21.5. The Morgan fingerprint density at radius 3 is 2.19 bits per heavy atom. The molecule has 0 bridgehead atoms. The fraction of sp³-hybridized carbons (Fsp3) is 0.308. The Morgan fingerprint density at radius 2 is 1.48 bits per heavy atom. The highest BCUT2D eigenvalue weighted by atomic mass is 19.1. The van der Waals surface area contributed by atoms with Gasteiger partial charge in [0, 0.05) is 50.9 Å². The van der Waals surface area contributed by atoms with Crippen LogP contribution in [0.2, 0.25) is 0 Å². The molecule has 5 heteroatoms. The summed E-state index contributed by atoms with van der Waals surface area (Å²) in [7, 11) is 0. The summed E-state index contributed by atoms with van der Waals surface area (Å²) in [5, 5.41) is 0. The second kappa shape index (κ2) is 10.5. The van der Waals surface area contributed by atoms with E-state index in [2.05, 4.69) is 40.1 Å². The monoisotopic (exact) mass is 422 g/mol. The number of benzene rings is 3. The molecule has 1 saturated heterocycles. The number of ether oxygens (including phenoxy) is 1. The standard InChI is InChI=1S/C26H28F2N2O/c27-23-9-12-25(26(28)19-23)22-7-10-24(11-8-22)31-18-4-13-29-14-16-30(17-15-29)20-21-5-2-1-3-6-21/h1-3,5-12,19H,4,13-18,20H2. The van der Waals surface area contributed by atoms with Crippen molar-refractivity contribution in [1.29, 1.82) is 0 Å². The largest absolute Gasteiger partial charge is 0.494 e. The van der Waals surface area contributed by atoms with Crippen LogP contribution in [0.5, 0.6) is 5.75 Å². The van der Waals surface area contributed by atoms with Crippen molar-refractivity contribution < 1.29 is 13.5 Å². The van der Waals surface area contributed by atoms with E-state index in [1.54, 1.807) is 12.1 Å². The summed E-state index contributed by atoms with van der Waals surface area (Å²) in [4.78, 5) is 5.00. The number of rotatable bonds is 8. The molecule has 0 unspecified atom stereocenters. The van der Waals surface area contributed by atoms with Gasteiger partial charge in [0.25, 0.3) is 0 Å². The van der Waals surface area contributed by atoms with Gasteiger partial charge in [0.05, 0.1) is 6.61 Å². The molecule has 1 aliphatic heterocycles. The highest BCUT2D eigenvalue weighted by Crippen LogP contribution is 2.25. The van der Waals surface area contributed by atoms with Gasteiger partial charge in [-0.05, 0) is 41.8 Å². The number of halogens is 2. The van der Waals surface area contributed by atoms with Gasteiger partial charge in [0.2, 0.25) is 0 Å². The summed E-state index contributed by atoms with van der Waals surface area (Å²) in [6.07, 6.45) is 0.965. The van der Waals surface area contributed by atoms with E-state index in [0.717, 1.165) is 57.5 Å². The van der Waals surface area contributed by atoms with Crippen molar-refractivity contribution in [3.8, 4) is 16.9 Å². The molecule has 0 saturated carbocycles. The van der Waals surface area contributed by atoms with Crippen LogP contribution in [0.15, 0.2) is 72.8 Å². The first-order valence-corrected chi connectivity index (χ1v) is 10.8. The molecule has 162 valence electrons. The van der Waals surface area contributed by atoms with Gasteiger partial charge in [-0.15, -0.1) is 0 Å². The average molecular weight is 423 g/mol. The maximum atomic E-state index is 13.9. The molecular weight excluding hydrogens is 394 g/mol. The minimum absolute atomic E-state index is 0.388. The van der Waals surface area contributed by atoms with E-state index in [1.165, 1.54) is 17.7 Å². The second-order valence-corrected chi connectivity index (χ2v) is 7.95. The Bertz CT molecular complexity index is 955. The van der Waals surface area contributed by atoms with Crippen molar-refractivity contribution in [1.82, 2.24) is 9.80 Å². The van der Waals surface area contributed by atoms with Crippen molar-refractivity contribution >= 4 is 0 Å². The molecule has 1 heterocycles. The molecule has 0 amide bonds.